The molecular weight excluding hydrogens is 641 g/mol. The van der Waals surface area contributed by atoms with Gasteiger partial charge in [-0.25, -0.2) is 9.78 Å². The first-order valence-corrected chi connectivity index (χ1v) is 14.7. The molecule has 0 fully saturated rings. The van der Waals surface area contributed by atoms with Gasteiger partial charge in [0.05, 0.1) is 33.8 Å². The Labute approximate surface area is 247 Å². The molecule has 2 aromatic carbocycles. The number of hydrogen-bond donors (Lipinski definition) is 2. The second-order valence-electron chi connectivity index (χ2n) is 8.37. The Morgan fingerprint density at radius 2 is 1.93 bits per heavy atom. The number of imidazole rings is 1. The number of anilines is 1. The summed E-state index contributed by atoms with van der Waals surface area (Å²) in [7, 11) is -1.04. The summed E-state index contributed by atoms with van der Waals surface area (Å²) in [6.07, 6.45) is -0.180. The van der Waals surface area contributed by atoms with Gasteiger partial charge in [0, 0.05) is 17.1 Å². The predicted octanol–water partition coefficient (Wildman–Crippen LogP) is 4.06. The zero-order chi connectivity index (χ0) is 30.1. The van der Waals surface area contributed by atoms with Crippen LogP contribution >= 0.6 is 23.5 Å². The summed E-state index contributed by atoms with van der Waals surface area (Å²) in [5.41, 5.74) is 6.25. The quantitative estimate of drug-likeness (QED) is 0.0644. The van der Waals surface area contributed by atoms with Crippen molar-refractivity contribution in [3.05, 3.63) is 69.2 Å². The van der Waals surface area contributed by atoms with Crippen LogP contribution in [0.4, 0.5) is 10.7 Å². The molecule has 2 heterocycles. The van der Waals surface area contributed by atoms with E-state index in [4.69, 9.17) is 38.5 Å². The lowest BCUT2D eigenvalue weighted by Crippen LogP contribution is -2.15. The Kier molecular flexibility index (Phi) is 10.5. The highest BCUT2D eigenvalue weighted by Gasteiger charge is 2.27. The van der Waals surface area contributed by atoms with Crippen LogP contribution in [0.2, 0.25) is 0 Å². The lowest BCUT2D eigenvalue weighted by Gasteiger charge is -2.19. The summed E-state index contributed by atoms with van der Waals surface area (Å²) in [4.78, 5) is 34.7. The number of carbonyl (C=O) groups is 1. The van der Waals surface area contributed by atoms with Gasteiger partial charge in [0.2, 0.25) is 12.7 Å². The molecule has 1 unspecified atom stereocenters. The maximum atomic E-state index is 13.5. The number of benzene rings is 2. The number of fused-ring (bicyclic) bond motifs is 1. The van der Waals surface area contributed by atoms with Crippen LogP contribution in [0.15, 0.2) is 58.1 Å². The number of nitrogens with zero attached hydrogens (tertiary/aromatic N) is 3. The lowest BCUT2D eigenvalue weighted by molar-refractivity contribution is 0.0153. The number of carbonyl (C=O) groups excluding carboxylic acids is 1. The predicted molar refractivity (Wildman–Crippen MR) is 153 cm³/mol. The van der Waals surface area contributed by atoms with Crippen LogP contribution in [0, 0.1) is 0 Å². The second kappa shape index (κ2) is 14.3. The molecule has 4 aromatic rings. The van der Waals surface area contributed by atoms with Crippen molar-refractivity contribution in [3.63, 3.8) is 0 Å². The Morgan fingerprint density at radius 3 is 2.69 bits per heavy atom. The van der Waals surface area contributed by atoms with Crippen molar-refractivity contribution in [2.75, 3.05) is 39.7 Å². The van der Waals surface area contributed by atoms with Crippen LogP contribution in [0.25, 0.3) is 11.2 Å². The van der Waals surface area contributed by atoms with Crippen molar-refractivity contribution in [2.24, 2.45) is 0 Å². The molecule has 4 rings (SSSR count). The zero-order valence-corrected chi connectivity index (χ0v) is 25.0. The van der Waals surface area contributed by atoms with E-state index in [0.717, 1.165) is 4.47 Å². The molecule has 17 heteroatoms. The normalized spacial score (nSPS) is 12.5. The van der Waals surface area contributed by atoms with Crippen LogP contribution in [0.5, 0.6) is 17.2 Å². The van der Waals surface area contributed by atoms with Crippen molar-refractivity contribution >= 4 is 46.8 Å². The number of methoxy groups -OCH3 is 2. The van der Waals surface area contributed by atoms with E-state index >= 15 is 0 Å². The summed E-state index contributed by atoms with van der Waals surface area (Å²) in [6, 6.07) is 11.6. The number of nitrogens with two attached hydrogens (primary N) is 1. The molecule has 0 bridgehead atoms. The highest BCUT2D eigenvalue weighted by atomic mass is 79.9. The maximum Gasteiger partial charge on any atom is 0.515 e. The average Bonchev–Trinajstić information content (AvgIpc) is 3.37. The van der Waals surface area contributed by atoms with Crippen molar-refractivity contribution in [3.8, 4) is 17.2 Å². The van der Waals surface area contributed by atoms with Gasteiger partial charge in [-0.1, -0.05) is 28.1 Å². The minimum Gasteiger partial charge on any atom is -0.493 e. The van der Waals surface area contributed by atoms with Crippen molar-refractivity contribution in [1.29, 1.82) is 0 Å². The fourth-order valence-corrected chi connectivity index (χ4v) is 5.13. The molecule has 0 radical (unpaired) electrons. The Hall–Kier alpha value is -3.95. The second-order valence-corrected chi connectivity index (χ2v) is 11.3. The van der Waals surface area contributed by atoms with E-state index in [-0.39, 0.29) is 42.6 Å². The summed E-state index contributed by atoms with van der Waals surface area (Å²) < 4.78 is 52.8. The SMILES string of the molecule is COc1ccc(OC(=O)OCOP(=O)(COCCn2cnc3c(=O)[nH]c(N)nc32)OCc2cccc(Br)c2)cc1OC. The highest BCUT2D eigenvalue weighted by Crippen LogP contribution is 2.49. The smallest absolute Gasteiger partial charge is 0.493 e. The van der Waals surface area contributed by atoms with Gasteiger partial charge in [0.25, 0.3) is 5.56 Å². The molecule has 0 aliphatic rings. The van der Waals surface area contributed by atoms with E-state index < -0.39 is 32.5 Å². The molecule has 15 nitrogen and oxygen atoms in total. The number of hydrogen-bond acceptors (Lipinski definition) is 13. The maximum absolute atomic E-state index is 13.5. The van der Waals surface area contributed by atoms with Crippen LogP contribution < -0.4 is 25.5 Å². The first-order valence-electron chi connectivity index (χ1n) is 12.2. The minimum atomic E-state index is -3.95. The zero-order valence-electron chi connectivity index (χ0n) is 22.5. The number of ether oxygens (including phenoxy) is 5. The Morgan fingerprint density at radius 1 is 1.12 bits per heavy atom. The molecule has 1 atom stereocenters. The average molecular weight is 668 g/mol. The van der Waals surface area contributed by atoms with Crippen LogP contribution in [0.3, 0.4) is 0 Å². The third-order valence-corrected chi connectivity index (χ3v) is 7.53. The van der Waals surface area contributed by atoms with Gasteiger partial charge in [-0.05, 0) is 29.8 Å². The van der Waals surface area contributed by atoms with Gasteiger partial charge in [-0.2, -0.15) is 4.98 Å². The van der Waals surface area contributed by atoms with Gasteiger partial charge >= 0.3 is 13.8 Å². The molecule has 0 aliphatic heterocycles. The molecule has 0 amide bonds. The van der Waals surface area contributed by atoms with E-state index in [0.29, 0.717) is 17.1 Å². The van der Waals surface area contributed by atoms with Gasteiger partial charge in [-0.3, -0.25) is 18.9 Å². The fourth-order valence-electron chi connectivity index (χ4n) is 3.55. The minimum absolute atomic E-state index is 0.0235. The van der Waals surface area contributed by atoms with E-state index in [2.05, 4.69) is 30.9 Å². The summed E-state index contributed by atoms with van der Waals surface area (Å²) >= 11 is 3.37. The Balaban J connectivity index is 1.34. The number of nitrogens with one attached hydrogen (secondary N) is 1. The van der Waals surface area contributed by atoms with E-state index in [9.17, 15) is 14.2 Å². The molecule has 0 aliphatic carbocycles. The van der Waals surface area contributed by atoms with Gasteiger partial charge in [-0.15, -0.1) is 0 Å². The summed E-state index contributed by atoms with van der Waals surface area (Å²) in [5.74, 6) is 0.857. The van der Waals surface area contributed by atoms with E-state index in [1.807, 2.05) is 6.07 Å². The van der Waals surface area contributed by atoms with E-state index in [1.165, 1.54) is 32.7 Å². The van der Waals surface area contributed by atoms with Gasteiger partial charge in [0.15, 0.2) is 22.7 Å². The molecular formula is C25H27BrN5O10P. The Bertz CT molecular complexity index is 1650. The summed E-state index contributed by atoms with van der Waals surface area (Å²) in [5, 5.41) is 0. The first-order chi connectivity index (χ1) is 20.2. The number of nitrogen functional groups attached to an aromatic ring is 1. The fraction of sp³-hybridized carbons (Fsp3) is 0.280. The largest absolute Gasteiger partial charge is 0.515 e. The van der Waals surface area contributed by atoms with Crippen molar-refractivity contribution in [1.82, 2.24) is 19.5 Å². The number of H-pyrrole nitrogens is 1. The topological polar surface area (TPSA) is 188 Å². The van der Waals surface area contributed by atoms with Crippen molar-refractivity contribution < 1.29 is 42.1 Å². The van der Waals surface area contributed by atoms with E-state index in [1.54, 1.807) is 28.8 Å². The molecule has 42 heavy (non-hydrogen) atoms. The lowest BCUT2D eigenvalue weighted by atomic mass is 10.2. The van der Waals surface area contributed by atoms with Crippen LogP contribution in [-0.2, 0) is 36.2 Å². The molecule has 2 aromatic heterocycles. The molecule has 0 spiro atoms. The summed E-state index contributed by atoms with van der Waals surface area (Å²) in [6.45, 7) is -0.598. The molecule has 0 saturated heterocycles. The number of halogens is 1. The number of rotatable bonds is 14. The third kappa shape index (κ3) is 8.30. The molecule has 3 N–H and O–H groups in total. The number of aromatic nitrogens is 4. The van der Waals surface area contributed by atoms with Gasteiger partial charge in [0.1, 0.15) is 12.1 Å². The van der Waals surface area contributed by atoms with Crippen molar-refractivity contribution in [2.45, 2.75) is 13.2 Å². The molecule has 0 saturated carbocycles. The number of aromatic amines is 1. The molecule has 224 valence electrons. The third-order valence-electron chi connectivity index (χ3n) is 5.52. The van der Waals surface area contributed by atoms with Crippen LogP contribution in [-0.4, -0.2) is 59.6 Å². The first kappa shape index (κ1) is 31.0. The standard InChI is InChI=1S/C25H27BrN5O10P/c1-35-19-7-6-18(11-20(19)36-2)41-25(33)38-14-40-42(34,39-12-16-4-3-5-17(26)10-16)15-37-9-8-31-13-28-21-22(31)29-24(27)30-23(21)32/h3-7,10-11,13H,8-9,12,14-15H2,1-2H3,(H3,27,29,30,32). The van der Waals surface area contributed by atoms with Gasteiger partial charge < -0.3 is 38.5 Å². The monoisotopic (exact) mass is 667 g/mol. The van der Waals surface area contributed by atoms with Crippen LogP contribution in [0.1, 0.15) is 5.56 Å². The highest BCUT2D eigenvalue weighted by molar-refractivity contribution is 9.10.